The predicted molar refractivity (Wildman–Crippen MR) is 78.4 cm³/mol. The Hall–Kier alpha value is -0.590. The Morgan fingerprint density at radius 2 is 2.05 bits per heavy atom. The van der Waals surface area contributed by atoms with Gasteiger partial charge in [0.15, 0.2) is 9.84 Å². The number of aromatic nitrogens is 2. The minimum Gasteiger partial charge on any atom is -0.313 e. The van der Waals surface area contributed by atoms with Crippen molar-refractivity contribution in [2.45, 2.75) is 38.5 Å². The Bertz CT molecular complexity index is 539. The van der Waals surface area contributed by atoms with Crippen molar-refractivity contribution >= 4 is 21.4 Å². The molecule has 0 bridgehead atoms. The Kier molecular flexibility index (Phi) is 5.41. The molecule has 1 aromatic rings. The number of nitrogens with zero attached hydrogens (tertiary/aromatic N) is 2. The Labute approximate surface area is 120 Å². The van der Waals surface area contributed by atoms with Gasteiger partial charge in [0.05, 0.1) is 10.9 Å². The van der Waals surface area contributed by atoms with E-state index in [1.807, 2.05) is 13.8 Å². The molecule has 0 amide bonds. The molecular formula is C12H22ClN3O2S. The number of sulfone groups is 1. The first-order chi connectivity index (χ1) is 8.68. The summed E-state index contributed by atoms with van der Waals surface area (Å²) < 4.78 is 25.0. The van der Waals surface area contributed by atoms with Crippen LogP contribution in [0, 0.1) is 6.92 Å². The first-order valence-corrected chi connectivity index (χ1v) is 8.62. The fraction of sp³-hybridized carbons (Fsp3) is 0.750. The number of nitrogens with one attached hydrogen (secondary N) is 1. The molecule has 0 spiro atoms. The Balaban J connectivity index is 3.02. The number of likely N-dealkylation sites (N-methyl/N-ethyl adjacent to an activating group) is 1. The van der Waals surface area contributed by atoms with E-state index in [2.05, 4.69) is 10.4 Å². The highest BCUT2D eigenvalue weighted by molar-refractivity contribution is 7.91. The fourth-order valence-corrected chi connectivity index (χ4v) is 3.13. The standard InChI is InChI=1S/C12H22ClN3O2S/c1-6-14-11(9(3)19(5,17)18)7-10-8(2)15-16(4)12(10)13/h9,11,14H,6-7H2,1-5H3. The Morgan fingerprint density at radius 1 is 1.47 bits per heavy atom. The largest absolute Gasteiger partial charge is 0.313 e. The maximum absolute atomic E-state index is 11.7. The van der Waals surface area contributed by atoms with Crippen LogP contribution in [0.5, 0.6) is 0 Å². The first kappa shape index (κ1) is 16.5. The summed E-state index contributed by atoms with van der Waals surface area (Å²) in [6, 6.07) is -0.166. The summed E-state index contributed by atoms with van der Waals surface area (Å²) in [7, 11) is -1.32. The minimum absolute atomic E-state index is 0.166. The van der Waals surface area contributed by atoms with Crippen LogP contribution < -0.4 is 5.32 Å². The average Bonchev–Trinajstić information content (AvgIpc) is 2.53. The number of hydrogen-bond donors (Lipinski definition) is 1. The lowest BCUT2D eigenvalue weighted by Crippen LogP contribution is -2.43. The summed E-state index contributed by atoms with van der Waals surface area (Å²) in [6.07, 6.45) is 1.82. The number of halogens is 1. The molecule has 5 nitrogen and oxygen atoms in total. The molecule has 0 saturated heterocycles. The van der Waals surface area contributed by atoms with Gasteiger partial charge in [-0.1, -0.05) is 18.5 Å². The van der Waals surface area contributed by atoms with Gasteiger partial charge in [-0.25, -0.2) is 8.42 Å². The van der Waals surface area contributed by atoms with Crippen molar-refractivity contribution < 1.29 is 8.42 Å². The smallest absolute Gasteiger partial charge is 0.151 e. The molecular weight excluding hydrogens is 286 g/mol. The zero-order valence-corrected chi connectivity index (χ0v) is 13.6. The van der Waals surface area contributed by atoms with Crippen LogP contribution in [-0.4, -0.2) is 42.3 Å². The zero-order chi connectivity index (χ0) is 14.8. The lowest BCUT2D eigenvalue weighted by atomic mass is 10.0. The van der Waals surface area contributed by atoms with E-state index in [0.717, 1.165) is 11.3 Å². The lowest BCUT2D eigenvalue weighted by Gasteiger charge is -2.23. The SMILES string of the molecule is CCNC(Cc1c(C)nn(C)c1Cl)C(C)S(C)(=O)=O. The second-order valence-corrected chi connectivity index (χ2v) is 7.64. The van der Waals surface area contributed by atoms with Crippen LogP contribution in [0.4, 0.5) is 0 Å². The molecule has 2 atom stereocenters. The molecule has 2 unspecified atom stereocenters. The molecule has 1 heterocycles. The summed E-state index contributed by atoms with van der Waals surface area (Å²) >= 11 is 6.20. The van der Waals surface area contributed by atoms with E-state index >= 15 is 0 Å². The van der Waals surface area contributed by atoms with Crippen molar-refractivity contribution in [2.75, 3.05) is 12.8 Å². The van der Waals surface area contributed by atoms with Crippen LogP contribution in [0.25, 0.3) is 0 Å². The maximum atomic E-state index is 11.7. The Morgan fingerprint density at radius 3 is 2.42 bits per heavy atom. The van der Waals surface area contributed by atoms with Crippen LogP contribution in [-0.2, 0) is 23.3 Å². The third-order valence-corrected chi connectivity index (χ3v) is 5.55. The molecule has 0 saturated carbocycles. The lowest BCUT2D eigenvalue weighted by molar-refractivity contribution is 0.493. The van der Waals surface area contributed by atoms with Crippen molar-refractivity contribution in [3.63, 3.8) is 0 Å². The van der Waals surface area contributed by atoms with Crippen molar-refractivity contribution in [1.29, 1.82) is 0 Å². The molecule has 1 N–H and O–H groups in total. The molecule has 0 aliphatic carbocycles. The minimum atomic E-state index is -3.10. The van der Waals surface area contributed by atoms with Gasteiger partial charge in [0.1, 0.15) is 5.15 Å². The van der Waals surface area contributed by atoms with E-state index in [4.69, 9.17) is 11.6 Å². The molecule has 7 heteroatoms. The van der Waals surface area contributed by atoms with E-state index < -0.39 is 15.1 Å². The van der Waals surface area contributed by atoms with Crippen LogP contribution >= 0.6 is 11.6 Å². The molecule has 110 valence electrons. The maximum Gasteiger partial charge on any atom is 0.151 e. The van der Waals surface area contributed by atoms with Crippen molar-refractivity contribution in [1.82, 2.24) is 15.1 Å². The summed E-state index contributed by atoms with van der Waals surface area (Å²) in [5.74, 6) is 0. The third-order valence-electron chi connectivity index (χ3n) is 3.40. The van der Waals surface area contributed by atoms with Crippen LogP contribution in [0.2, 0.25) is 5.15 Å². The molecule has 19 heavy (non-hydrogen) atoms. The van der Waals surface area contributed by atoms with Gasteiger partial charge in [-0.05, 0) is 26.8 Å². The van der Waals surface area contributed by atoms with Crippen molar-refractivity contribution in [3.8, 4) is 0 Å². The average molecular weight is 308 g/mol. The number of aryl methyl sites for hydroxylation is 2. The normalized spacial score (nSPS) is 15.5. The summed E-state index contributed by atoms with van der Waals surface area (Å²) in [5.41, 5.74) is 1.75. The monoisotopic (exact) mass is 307 g/mol. The summed E-state index contributed by atoms with van der Waals surface area (Å²) in [4.78, 5) is 0. The second-order valence-electron chi connectivity index (χ2n) is 4.88. The van der Waals surface area contributed by atoms with Crippen molar-refractivity contribution in [2.24, 2.45) is 7.05 Å². The van der Waals surface area contributed by atoms with Gasteiger partial charge in [-0.15, -0.1) is 0 Å². The van der Waals surface area contributed by atoms with E-state index in [1.165, 1.54) is 6.26 Å². The highest BCUT2D eigenvalue weighted by Crippen LogP contribution is 2.22. The van der Waals surface area contributed by atoms with Crippen LogP contribution in [0.1, 0.15) is 25.1 Å². The van der Waals surface area contributed by atoms with E-state index in [1.54, 1.807) is 18.7 Å². The van der Waals surface area contributed by atoms with Gasteiger partial charge >= 0.3 is 0 Å². The van der Waals surface area contributed by atoms with Gasteiger partial charge < -0.3 is 5.32 Å². The molecule has 0 aliphatic heterocycles. The van der Waals surface area contributed by atoms with E-state index in [0.29, 0.717) is 18.1 Å². The number of hydrogen-bond acceptors (Lipinski definition) is 4. The van der Waals surface area contributed by atoms with E-state index in [-0.39, 0.29) is 6.04 Å². The zero-order valence-electron chi connectivity index (χ0n) is 12.1. The molecule has 1 rings (SSSR count). The van der Waals surface area contributed by atoms with Gasteiger partial charge in [-0.2, -0.15) is 5.10 Å². The topological polar surface area (TPSA) is 64.0 Å². The molecule has 0 aromatic carbocycles. The van der Waals surface area contributed by atoms with Gasteiger partial charge in [-0.3, -0.25) is 4.68 Å². The molecule has 0 radical (unpaired) electrons. The van der Waals surface area contributed by atoms with Crippen molar-refractivity contribution in [3.05, 3.63) is 16.4 Å². The van der Waals surface area contributed by atoms with Crippen LogP contribution in [0.3, 0.4) is 0 Å². The van der Waals surface area contributed by atoms with Gasteiger partial charge in [0, 0.05) is 24.9 Å². The highest BCUT2D eigenvalue weighted by atomic mass is 35.5. The first-order valence-electron chi connectivity index (χ1n) is 6.28. The van der Waals surface area contributed by atoms with Gasteiger partial charge in [0.25, 0.3) is 0 Å². The van der Waals surface area contributed by atoms with E-state index in [9.17, 15) is 8.42 Å². The number of rotatable bonds is 6. The highest BCUT2D eigenvalue weighted by Gasteiger charge is 2.27. The molecule has 0 fully saturated rings. The second kappa shape index (κ2) is 6.24. The molecule has 0 aliphatic rings. The van der Waals surface area contributed by atoms with Gasteiger partial charge in [0.2, 0.25) is 0 Å². The fourth-order valence-electron chi connectivity index (χ4n) is 2.09. The predicted octanol–water partition coefficient (Wildman–Crippen LogP) is 1.34. The van der Waals surface area contributed by atoms with Crippen LogP contribution in [0.15, 0.2) is 0 Å². The summed E-state index contributed by atoms with van der Waals surface area (Å²) in [5, 5.41) is 7.58. The quantitative estimate of drug-likeness (QED) is 0.861. The molecule has 1 aromatic heterocycles. The summed E-state index contributed by atoms with van der Waals surface area (Å²) in [6.45, 7) is 6.28. The third kappa shape index (κ3) is 3.94.